The first kappa shape index (κ1) is 15.6. The molecule has 0 aliphatic heterocycles. The molecule has 21 heavy (non-hydrogen) atoms. The average Bonchev–Trinajstić information content (AvgIpc) is 3.03. The molecule has 3 nitrogen and oxygen atoms in total. The molecule has 0 fully saturated rings. The Labute approximate surface area is 128 Å². The number of nitrogens with zero attached hydrogens (tertiary/aromatic N) is 1. The molecule has 0 spiro atoms. The number of hydrogen-bond donors (Lipinski definition) is 1. The van der Waals surface area contributed by atoms with Crippen LogP contribution in [0.2, 0.25) is 0 Å². The summed E-state index contributed by atoms with van der Waals surface area (Å²) in [5.74, 6) is 1.04. The Morgan fingerprint density at radius 3 is 2.76 bits per heavy atom. The van der Waals surface area contributed by atoms with Crippen molar-refractivity contribution in [2.45, 2.75) is 52.0 Å². The predicted octanol–water partition coefficient (Wildman–Crippen LogP) is 4.07. The minimum atomic E-state index is 0.561. The molecule has 1 aromatic heterocycles. The molecule has 0 bridgehead atoms. The van der Waals surface area contributed by atoms with E-state index in [-0.39, 0.29) is 0 Å². The Kier molecular flexibility index (Phi) is 6.32. The number of para-hydroxylation sites is 1. The fourth-order valence-electron chi connectivity index (χ4n) is 2.74. The zero-order chi connectivity index (χ0) is 14.9. The number of hydrogen-bond acceptors (Lipinski definition) is 1. The Morgan fingerprint density at radius 1 is 1.19 bits per heavy atom. The summed E-state index contributed by atoms with van der Waals surface area (Å²) >= 11 is 0. The van der Waals surface area contributed by atoms with E-state index in [0.717, 1.165) is 25.2 Å². The van der Waals surface area contributed by atoms with Crippen molar-refractivity contribution in [1.82, 2.24) is 4.98 Å². The lowest BCUT2D eigenvalue weighted by Gasteiger charge is -2.15. The summed E-state index contributed by atoms with van der Waals surface area (Å²) in [6.45, 7) is 5.02. The maximum atomic E-state index is 5.73. The van der Waals surface area contributed by atoms with E-state index in [0.29, 0.717) is 6.04 Å². The number of imidazole rings is 1. The molecule has 1 atom stereocenters. The highest BCUT2D eigenvalue weighted by atomic mass is 16.5. The number of nitrogens with one attached hydrogen (secondary N) is 1. The van der Waals surface area contributed by atoms with Gasteiger partial charge in [0.2, 0.25) is 6.33 Å². The van der Waals surface area contributed by atoms with E-state index in [9.17, 15) is 0 Å². The normalized spacial score (nSPS) is 12.3. The van der Waals surface area contributed by atoms with Crippen LogP contribution < -0.4 is 9.30 Å². The van der Waals surface area contributed by atoms with Crippen molar-refractivity contribution in [3.63, 3.8) is 0 Å². The molecule has 1 heterocycles. The van der Waals surface area contributed by atoms with Crippen molar-refractivity contribution in [2.75, 3.05) is 6.61 Å². The van der Waals surface area contributed by atoms with Crippen LogP contribution in [-0.2, 0) is 6.42 Å². The van der Waals surface area contributed by atoms with Crippen LogP contribution in [0.15, 0.2) is 43.0 Å². The molecule has 0 aliphatic carbocycles. The van der Waals surface area contributed by atoms with E-state index in [1.165, 1.54) is 24.8 Å². The second-order valence-corrected chi connectivity index (χ2v) is 5.43. The zero-order valence-corrected chi connectivity index (χ0v) is 13.2. The number of ether oxygens (including phenoxy) is 1. The lowest BCUT2D eigenvalue weighted by atomic mass is 10.00. The fourth-order valence-corrected chi connectivity index (χ4v) is 2.74. The van der Waals surface area contributed by atoms with Crippen LogP contribution in [0.25, 0.3) is 0 Å². The summed E-state index contributed by atoms with van der Waals surface area (Å²) in [7, 11) is 0. The largest absolute Gasteiger partial charge is 0.494 e. The Bertz CT molecular complexity index is 508. The van der Waals surface area contributed by atoms with Gasteiger partial charge >= 0.3 is 0 Å². The molecule has 0 saturated carbocycles. The lowest BCUT2D eigenvalue weighted by molar-refractivity contribution is -0.723. The van der Waals surface area contributed by atoms with Gasteiger partial charge in [0.25, 0.3) is 0 Å². The predicted molar refractivity (Wildman–Crippen MR) is 85.5 cm³/mol. The van der Waals surface area contributed by atoms with E-state index >= 15 is 0 Å². The second-order valence-electron chi connectivity index (χ2n) is 5.43. The monoisotopic (exact) mass is 287 g/mol. The lowest BCUT2D eigenvalue weighted by Crippen LogP contribution is -2.37. The summed E-state index contributed by atoms with van der Waals surface area (Å²) in [4.78, 5) is 3.15. The molecular weight excluding hydrogens is 260 g/mol. The van der Waals surface area contributed by atoms with E-state index in [4.69, 9.17) is 4.74 Å². The van der Waals surface area contributed by atoms with E-state index in [1.807, 2.05) is 19.2 Å². The SMILES string of the molecule is CCCCC(CCc1ccccc1OCC)[n+]1cc[nH]c1. The van der Waals surface area contributed by atoms with Gasteiger partial charge in [-0.3, -0.25) is 4.98 Å². The molecule has 1 aromatic carbocycles. The van der Waals surface area contributed by atoms with Crippen molar-refractivity contribution < 1.29 is 9.30 Å². The van der Waals surface area contributed by atoms with Gasteiger partial charge in [-0.15, -0.1) is 0 Å². The van der Waals surface area contributed by atoms with E-state index in [2.05, 4.69) is 47.2 Å². The summed E-state index contributed by atoms with van der Waals surface area (Å²) in [5.41, 5.74) is 1.32. The van der Waals surface area contributed by atoms with E-state index in [1.54, 1.807) is 0 Å². The molecule has 0 radical (unpaired) electrons. The van der Waals surface area contributed by atoms with Crippen molar-refractivity contribution in [1.29, 1.82) is 0 Å². The van der Waals surface area contributed by atoms with Crippen LogP contribution in [0, 0.1) is 0 Å². The number of unbranched alkanes of at least 4 members (excludes halogenated alkanes) is 1. The number of H-pyrrole nitrogens is 1. The highest BCUT2D eigenvalue weighted by Gasteiger charge is 2.16. The molecule has 1 N–H and O–H groups in total. The first-order valence-corrected chi connectivity index (χ1v) is 8.09. The van der Waals surface area contributed by atoms with Gasteiger partial charge < -0.3 is 4.74 Å². The molecule has 114 valence electrons. The fraction of sp³-hybridized carbons (Fsp3) is 0.500. The quantitative estimate of drug-likeness (QED) is 0.692. The van der Waals surface area contributed by atoms with Crippen LogP contribution in [0.1, 0.15) is 51.1 Å². The number of aromatic amines is 1. The Balaban J connectivity index is 2.01. The zero-order valence-electron chi connectivity index (χ0n) is 13.2. The summed E-state index contributed by atoms with van der Waals surface area (Å²) in [6, 6.07) is 8.96. The molecule has 0 aliphatic rings. The number of aryl methyl sites for hydroxylation is 1. The first-order chi connectivity index (χ1) is 10.3. The summed E-state index contributed by atoms with van der Waals surface area (Å²) in [5, 5.41) is 0. The van der Waals surface area contributed by atoms with Gasteiger partial charge in [0.05, 0.1) is 6.61 Å². The highest BCUT2D eigenvalue weighted by molar-refractivity contribution is 5.33. The van der Waals surface area contributed by atoms with Crippen LogP contribution >= 0.6 is 0 Å². The molecule has 1 unspecified atom stereocenters. The topological polar surface area (TPSA) is 28.9 Å². The van der Waals surface area contributed by atoms with Crippen LogP contribution in [-0.4, -0.2) is 11.6 Å². The number of aromatic nitrogens is 2. The van der Waals surface area contributed by atoms with Gasteiger partial charge in [-0.25, -0.2) is 4.57 Å². The first-order valence-electron chi connectivity index (χ1n) is 8.09. The molecule has 2 rings (SSSR count). The second kappa shape index (κ2) is 8.50. The van der Waals surface area contributed by atoms with Gasteiger partial charge in [-0.2, -0.15) is 0 Å². The minimum absolute atomic E-state index is 0.561. The summed E-state index contributed by atoms with van der Waals surface area (Å²) < 4.78 is 8.03. The van der Waals surface area contributed by atoms with Crippen molar-refractivity contribution in [3.8, 4) is 5.75 Å². The molecular formula is C18H27N2O+. The average molecular weight is 287 g/mol. The maximum Gasteiger partial charge on any atom is 0.241 e. The van der Waals surface area contributed by atoms with Gasteiger partial charge in [0.1, 0.15) is 24.2 Å². The third-order valence-electron chi connectivity index (χ3n) is 3.90. The van der Waals surface area contributed by atoms with Crippen molar-refractivity contribution >= 4 is 0 Å². The Hall–Kier alpha value is -1.77. The van der Waals surface area contributed by atoms with Gasteiger partial charge in [-0.05, 0) is 44.2 Å². The molecule has 2 aromatic rings. The third-order valence-corrected chi connectivity index (χ3v) is 3.90. The number of benzene rings is 1. The highest BCUT2D eigenvalue weighted by Crippen LogP contribution is 2.23. The van der Waals surface area contributed by atoms with Gasteiger partial charge in [0, 0.05) is 0 Å². The molecule has 3 heteroatoms. The minimum Gasteiger partial charge on any atom is -0.494 e. The molecule has 0 saturated heterocycles. The van der Waals surface area contributed by atoms with Crippen LogP contribution in [0.5, 0.6) is 5.75 Å². The van der Waals surface area contributed by atoms with Gasteiger partial charge in [-0.1, -0.05) is 31.5 Å². The standard InChI is InChI=1S/C18H26N2O/c1-3-5-9-17(20-14-13-19-15-20)12-11-16-8-6-7-10-18(16)21-4-2/h6-8,10,13-15,17H,3-5,9,11-12H2,1-2H3/p+1. The summed E-state index contributed by atoms with van der Waals surface area (Å²) in [6.07, 6.45) is 12.1. The smallest absolute Gasteiger partial charge is 0.241 e. The third kappa shape index (κ3) is 4.62. The van der Waals surface area contributed by atoms with Crippen LogP contribution in [0.4, 0.5) is 0 Å². The number of rotatable bonds is 9. The maximum absolute atomic E-state index is 5.73. The van der Waals surface area contributed by atoms with Crippen molar-refractivity contribution in [2.24, 2.45) is 0 Å². The Morgan fingerprint density at radius 2 is 2.05 bits per heavy atom. The van der Waals surface area contributed by atoms with E-state index < -0.39 is 0 Å². The molecule has 0 amide bonds. The van der Waals surface area contributed by atoms with Crippen LogP contribution in [0.3, 0.4) is 0 Å². The van der Waals surface area contributed by atoms with Crippen molar-refractivity contribution in [3.05, 3.63) is 48.5 Å². The van der Waals surface area contributed by atoms with Gasteiger partial charge in [0.15, 0.2) is 0 Å².